The molecule has 0 spiro atoms. The first kappa shape index (κ1) is 16.3. The van der Waals surface area contributed by atoms with Crippen molar-refractivity contribution in [1.82, 2.24) is 0 Å². The summed E-state index contributed by atoms with van der Waals surface area (Å²) in [5.74, 6) is 5.97. The summed E-state index contributed by atoms with van der Waals surface area (Å²) >= 11 is 0. The van der Waals surface area contributed by atoms with Crippen LogP contribution in [0.25, 0.3) is 5.76 Å². The lowest BCUT2D eigenvalue weighted by atomic mass is 10.1. The molecule has 0 aliphatic heterocycles. The molecule has 0 saturated heterocycles. The fourth-order valence-electron chi connectivity index (χ4n) is 1.80. The van der Waals surface area contributed by atoms with Gasteiger partial charge in [0, 0.05) is 24.1 Å². The van der Waals surface area contributed by atoms with Gasteiger partial charge in [0.05, 0.1) is 7.11 Å². The quantitative estimate of drug-likeness (QED) is 0.491. The summed E-state index contributed by atoms with van der Waals surface area (Å²) in [6, 6.07) is 12.9. The molecule has 2 rings (SSSR count). The fourth-order valence-corrected chi connectivity index (χ4v) is 1.80. The summed E-state index contributed by atoms with van der Waals surface area (Å²) in [7, 11) is 1.59. The molecule has 0 aliphatic carbocycles. The van der Waals surface area contributed by atoms with E-state index in [-0.39, 0.29) is 11.6 Å². The molecule has 0 aromatic heterocycles. The van der Waals surface area contributed by atoms with Gasteiger partial charge in [-0.3, -0.25) is 4.79 Å². The Morgan fingerprint density at radius 3 is 2.30 bits per heavy atom. The number of hydrogen-bond acceptors (Lipinski definition) is 3. The van der Waals surface area contributed by atoms with Crippen LogP contribution in [0.15, 0.2) is 54.6 Å². The summed E-state index contributed by atoms with van der Waals surface area (Å²) in [4.78, 5) is 11.2. The third-order valence-corrected chi connectivity index (χ3v) is 2.89. The van der Waals surface area contributed by atoms with Gasteiger partial charge >= 0.3 is 5.97 Å². The van der Waals surface area contributed by atoms with Crippen molar-refractivity contribution in [3.63, 3.8) is 0 Å². The molecule has 0 unspecified atom stereocenters. The average molecular weight is 310 g/mol. The van der Waals surface area contributed by atoms with Gasteiger partial charge in [0.15, 0.2) is 0 Å². The van der Waals surface area contributed by atoms with Gasteiger partial charge in [0.25, 0.3) is 0 Å². The van der Waals surface area contributed by atoms with E-state index in [1.165, 1.54) is 37.3 Å². The lowest BCUT2D eigenvalue weighted by molar-refractivity contribution is -0.134. The smallest absolute Gasteiger partial charge is 0.308 e. The Hall–Kier alpha value is -3.06. The minimum Gasteiger partial charge on any atom is -0.497 e. The van der Waals surface area contributed by atoms with Crippen LogP contribution in [0.2, 0.25) is 0 Å². The van der Waals surface area contributed by atoms with Gasteiger partial charge in [-0.25, -0.2) is 4.39 Å². The SMILES string of the molecule is COc1ccc(C#C/C=C(\OC(C)=O)c2ccc(F)cc2)cc1. The van der Waals surface area contributed by atoms with E-state index in [0.29, 0.717) is 5.56 Å². The van der Waals surface area contributed by atoms with E-state index in [1.807, 2.05) is 12.1 Å². The predicted molar refractivity (Wildman–Crippen MR) is 86.0 cm³/mol. The lowest BCUT2D eigenvalue weighted by Gasteiger charge is -2.05. The van der Waals surface area contributed by atoms with Gasteiger partial charge in [0.1, 0.15) is 17.3 Å². The zero-order chi connectivity index (χ0) is 16.7. The van der Waals surface area contributed by atoms with Crippen LogP contribution in [0.1, 0.15) is 18.1 Å². The van der Waals surface area contributed by atoms with Crippen molar-refractivity contribution in [2.75, 3.05) is 7.11 Å². The van der Waals surface area contributed by atoms with Crippen molar-refractivity contribution in [1.29, 1.82) is 0 Å². The highest BCUT2D eigenvalue weighted by atomic mass is 19.1. The molecule has 2 aromatic rings. The number of benzene rings is 2. The average Bonchev–Trinajstić information content (AvgIpc) is 2.55. The number of halogens is 1. The second-order valence-corrected chi connectivity index (χ2v) is 4.61. The Balaban J connectivity index is 2.25. The largest absolute Gasteiger partial charge is 0.497 e. The minimum absolute atomic E-state index is 0.276. The Labute approximate surface area is 134 Å². The van der Waals surface area contributed by atoms with Crippen LogP contribution in [-0.2, 0) is 9.53 Å². The van der Waals surface area contributed by atoms with Gasteiger partial charge in [-0.15, -0.1) is 0 Å². The second kappa shape index (κ2) is 7.81. The first-order valence-corrected chi connectivity index (χ1v) is 6.88. The molecule has 116 valence electrons. The van der Waals surface area contributed by atoms with E-state index in [0.717, 1.165) is 11.3 Å². The van der Waals surface area contributed by atoms with Crippen LogP contribution < -0.4 is 4.74 Å². The molecule has 0 bridgehead atoms. The first-order chi connectivity index (χ1) is 11.1. The summed E-state index contributed by atoms with van der Waals surface area (Å²) < 4.78 is 23.2. The maximum absolute atomic E-state index is 13.0. The molecule has 0 N–H and O–H groups in total. The van der Waals surface area contributed by atoms with Crippen LogP contribution in [0.3, 0.4) is 0 Å². The molecule has 0 heterocycles. The highest BCUT2D eigenvalue weighted by Crippen LogP contribution is 2.16. The summed E-state index contributed by atoms with van der Waals surface area (Å²) in [6.45, 7) is 1.30. The van der Waals surface area contributed by atoms with E-state index in [4.69, 9.17) is 9.47 Å². The number of carbonyl (C=O) groups is 1. The van der Waals surface area contributed by atoms with Crippen molar-refractivity contribution in [2.24, 2.45) is 0 Å². The van der Waals surface area contributed by atoms with Crippen molar-refractivity contribution in [3.05, 3.63) is 71.6 Å². The van der Waals surface area contributed by atoms with Crippen LogP contribution in [-0.4, -0.2) is 13.1 Å². The van der Waals surface area contributed by atoms with Gasteiger partial charge in [-0.2, -0.15) is 0 Å². The predicted octanol–water partition coefficient (Wildman–Crippen LogP) is 3.79. The topological polar surface area (TPSA) is 35.5 Å². The van der Waals surface area contributed by atoms with Crippen molar-refractivity contribution in [3.8, 4) is 17.6 Å². The number of methoxy groups -OCH3 is 1. The van der Waals surface area contributed by atoms with Crippen LogP contribution in [0.5, 0.6) is 5.75 Å². The molecular weight excluding hydrogens is 295 g/mol. The Bertz CT molecular complexity index is 763. The number of hydrogen-bond donors (Lipinski definition) is 0. The van der Waals surface area contributed by atoms with E-state index in [9.17, 15) is 9.18 Å². The zero-order valence-corrected chi connectivity index (χ0v) is 12.8. The number of allylic oxidation sites excluding steroid dienone is 1. The molecule has 0 saturated carbocycles. The first-order valence-electron chi connectivity index (χ1n) is 6.88. The highest BCUT2D eigenvalue weighted by Gasteiger charge is 2.05. The number of carbonyl (C=O) groups excluding carboxylic acids is 1. The summed E-state index contributed by atoms with van der Waals surface area (Å²) in [5, 5.41) is 0. The molecule has 0 amide bonds. The maximum Gasteiger partial charge on any atom is 0.308 e. The van der Waals surface area contributed by atoms with Crippen molar-refractivity contribution < 1.29 is 18.7 Å². The minimum atomic E-state index is -0.466. The Morgan fingerprint density at radius 2 is 1.74 bits per heavy atom. The van der Waals surface area contributed by atoms with Crippen LogP contribution in [0.4, 0.5) is 4.39 Å². The molecule has 0 aliphatic rings. The monoisotopic (exact) mass is 310 g/mol. The van der Waals surface area contributed by atoms with E-state index in [1.54, 1.807) is 19.2 Å². The summed E-state index contributed by atoms with van der Waals surface area (Å²) in [6.07, 6.45) is 1.48. The zero-order valence-electron chi connectivity index (χ0n) is 12.8. The Morgan fingerprint density at radius 1 is 1.09 bits per heavy atom. The molecule has 23 heavy (non-hydrogen) atoms. The standard InChI is InChI=1S/C19H15FO3/c1-14(21)23-19(16-8-10-17(20)11-9-16)5-3-4-15-6-12-18(22-2)13-7-15/h5-13H,1-2H3/b19-5-. The molecule has 0 atom stereocenters. The molecule has 0 fully saturated rings. The Kier molecular flexibility index (Phi) is 5.54. The van der Waals surface area contributed by atoms with E-state index in [2.05, 4.69) is 11.8 Å². The molecular formula is C19H15FO3. The number of esters is 1. The van der Waals surface area contributed by atoms with Crippen LogP contribution >= 0.6 is 0 Å². The van der Waals surface area contributed by atoms with Gasteiger partial charge < -0.3 is 9.47 Å². The van der Waals surface area contributed by atoms with Gasteiger partial charge in [-0.1, -0.05) is 11.8 Å². The number of ether oxygens (including phenoxy) is 2. The van der Waals surface area contributed by atoms with Crippen LogP contribution in [0, 0.1) is 17.7 Å². The van der Waals surface area contributed by atoms with Gasteiger partial charge in [-0.05, 0) is 48.5 Å². The molecule has 0 radical (unpaired) electrons. The molecule has 2 aromatic carbocycles. The molecule has 3 nitrogen and oxygen atoms in total. The second-order valence-electron chi connectivity index (χ2n) is 4.61. The van der Waals surface area contributed by atoms with Crippen molar-refractivity contribution >= 4 is 11.7 Å². The lowest BCUT2D eigenvalue weighted by Crippen LogP contribution is -1.98. The summed E-state index contributed by atoms with van der Waals surface area (Å²) in [5.41, 5.74) is 1.37. The van der Waals surface area contributed by atoms with E-state index >= 15 is 0 Å². The third kappa shape index (κ3) is 5.01. The highest BCUT2D eigenvalue weighted by molar-refractivity contribution is 5.77. The number of rotatable bonds is 3. The molecule has 4 heteroatoms. The van der Waals surface area contributed by atoms with Crippen molar-refractivity contribution in [2.45, 2.75) is 6.92 Å². The van der Waals surface area contributed by atoms with Gasteiger partial charge in [0.2, 0.25) is 0 Å². The normalized spacial score (nSPS) is 10.5. The maximum atomic E-state index is 13.0. The third-order valence-electron chi connectivity index (χ3n) is 2.89. The fraction of sp³-hybridized carbons (Fsp3) is 0.105. The van der Waals surface area contributed by atoms with E-state index < -0.39 is 5.97 Å².